The molecule has 0 saturated carbocycles. The molecule has 1 saturated heterocycles. The van der Waals surface area contributed by atoms with Crippen LogP contribution in [0.2, 0.25) is 0 Å². The number of hydrogen-bond donors (Lipinski definition) is 1. The molecule has 2 atom stereocenters. The van der Waals surface area contributed by atoms with Gasteiger partial charge in [0.15, 0.2) is 0 Å². The second kappa shape index (κ2) is 5.46. The molecular formula is C14H20O2. The Hall–Kier alpha value is -0.860. The molecule has 1 N–H and O–H groups in total. The van der Waals surface area contributed by atoms with E-state index in [0.29, 0.717) is 5.92 Å². The molecule has 2 heteroatoms. The molecule has 2 nitrogen and oxygen atoms in total. The van der Waals surface area contributed by atoms with E-state index < -0.39 is 0 Å². The van der Waals surface area contributed by atoms with Crippen molar-refractivity contribution in [2.24, 2.45) is 5.92 Å². The van der Waals surface area contributed by atoms with Crippen LogP contribution in [0.5, 0.6) is 0 Å². The fraction of sp³-hybridized carbons (Fsp3) is 0.571. The molecule has 88 valence electrons. The normalized spacial score (nSPS) is 21.6. The van der Waals surface area contributed by atoms with Crippen LogP contribution in [-0.4, -0.2) is 24.4 Å². The molecule has 16 heavy (non-hydrogen) atoms. The van der Waals surface area contributed by atoms with Crippen LogP contribution in [0.15, 0.2) is 30.3 Å². The highest BCUT2D eigenvalue weighted by Gasteiger charge is 2.27. The van der Waals surface area contributed by atoms with E-state index in [4.69, 9.17) is 4.74 Å². The lowest BCUT2D eigenvalue weighted by Crippen LogP contribution is -2.31. The largest absolute Gasteiger partial charge is 0.392 e. The first-order valence-electron chi connectivity index (χ1n) is 6.10. The molecule has 1 aliphatic rings. The second-order valence-corrected chi connectivity index (χ2v) is 4.64. The van der Waals surface area contributed by atoms with E-state index in [1.54, 1.807) is 0 Å². The molecular weight excluding hydrogens is 200 g/mol. The summed E-state index contributed by atoms with van der Waals surface area (Å²) in [7, 11) is 0. The number of aliphatic hydroxyl groups excluding tert-OH is 1. The summed E-state index contributed by atoms with van der Waals surface area (Å²) in [5.41, 5.74) is 1.22. The zero-order chi connectivity index (χ0) is 11.4. The van der Waals surface area contributed by atoms with Crippen molar-refractivity contribution < 1.29 is 9.84 Å². The third kappa shape index (κ3) is 2.63. The van der Waals surface area contributed by atoms with E-state index in [-0.39, 0.29) is 12.0 Å². The van der Waals surface area contributed by atoms with Gasteiger partial charge in [0.1, 0.15) is 0 Å². The topological polar surface area (TPSA) is 29.5 Å². The highest BCUT2D eigenvalue weighted by Crippen LogP contribution is 2.29. The van der Waals surface area contributed by atoms with Gasteiger partial charge in [0.25, 0.3) is 0 Å². The molecule has 0 aromatic heterocycles. The quantitative estimate of drug-likeness (QED) is 0.848. The van der Waals surface area contributed by atoms with Crippen molar-refractivity contribution in [3.8, 4) is 0 Å². The lowest BCUT2D eigenvalue weighted by atomic mass is 9.83. The first kappa shape index (κ1) is 11.6. The Morgan fingerprint density at radius 2 is 1.81 bits per heavy atom. The number of benzene rings is 1. The van der Waals surface area contributed by atoms with E-state index in [1.165, 1.54) is 5.56 Å². The predicted molar refractivity (Wildman–Crippen MR) is 64.4 cm³/mol. The van der Waals surface area contributed by atoms with Gasteiger partial charge in [-0.2, -0.15) is 0 Å². The molecule has 1 aromatic rings. The Balaban J connectivity index is 2.00. The molecule has 0 spiro atoms. The average Bonchev–Trinajstić information content (AvgIpc) is 2.39. The van der Waals surface area contributed by atoms with Crippen LogP contribution in [0, 0.1) is 5.92 Å². The maximum Gasteiger partial charge on any atom is 0.0635 e. The van der Waals surface area contributed by atoms with Crippen molar-refractivity contribution in [1.29, 1.82) is 0 Å². The Morgan fingerprint density at radius 1 is 1.19 bits per heavy atom. The SMILES string of the molecule is CC(c1ccccc1)C(O)C1CCOCC1. The van der Waals surface area contributed by atoms with Crippen LogP contribution in [0.25, 0.3) is 0 Å². The Morgan fingerprint density at radius 3 is 2.44 bits per heavy atom. The van der Waals surface area contributed by atoms with Crippen molar-refractivity contribution in [2.45, 2.75) is 31.8 Å². The zero-order valence-electron chi connectivity index (χ0n) is 9.80. The summed E-state index contributed by atoms with van der Waals surface area (Å²) in [5, 5.41) is 10.3. The molecule has 1 fully saturated rings. The fourth-order valence-corrected chi connectivity index (χ4v) is 2.42. The van der Waals surface area contributed by atoms with Crippen molar-refractivity contribution >= 4 is 0 Å². The summed E-state index contributed by atoms with van der Waals surface area (Å²) < 4.78 is 5.32. The summed E-state index contributed by atoms with van der Waals surface area (Å²) in [5.74, 6) is 0.605. The summed E-state index contributed by atoms with van der Waals surface area (Å²) in [6, 6.07) is 10.3. The third-order valence-electron chi connectivity index (χ3n) is 3.59. The molecule has 0 bridgehead atoms. The van der Waals surface area contributed by atoms with E-state index in [1.807, 2.05) is 18.2 Å². The maximum atomic E-state index is 10.3. The number of ether oxygens (including phenoxy) is 1. The minimum atomic E-state index is -0.244. The van der Waals surface area contributed by atoms with Gasteiger partial charge in [0, 0.05) is 19.1 Å². The van der Waals surface area contributed by atoms with Gasteiger partial charge in [0.05, 0.1) is 6.10 Å². The van der Waals surface area contributed by atoms with Gasteiger partial charge in [-0.15, -0.1) is 0 Å². The lowest BCUT2D eigenvalue weighted by Gasteiger charge is -2.30. The highest BCUT2D eigenvalue weighted by atomic mass is 16.5. The van der Waals surface area contributed by atoms with Crippen LogP contribution in [0.1, 0.15) is 31.2 Å². The molecule has 0 amide bonds. The third-order valence-corrected chi connectivity index (χ3v) is 3.59. The smallest absolute Gasteiger partial charge is 0.0635 e. The van der Waals surface area contributed by atoms with Gasteiger partial charge in [-0.3, -0.25) is 0 Å². The highest BCUT2D eigenvalue weighted by molar-refractivity contribution is 5.20. The number of aliphatic hydroxyl groups is 1. The van der Waals surface area contributed by atoms with Crippen LogP contribution < -0.4 is 0 Å². The monoisotopic (exact) mass is 220 g/mol. The van der Waals surface area contributed by atoms with Crippen LogP contribution in [-0.2, 0) is 4.74 Å². The first-order chi connectivity index (χ1) is 7.79. The maximum absolute atomic E-state index is 10.3. The molecule has 1 heterocycles. The van der Waals surface area contributed by atoms with Gasteiger partial charge in [-0.05, 0) is 24.3 Å². The number of hydrogen-bond acceptors (Lipinski definition) is 2. The summed E-state index contributed by atoms with van der Waals surface area (Å²) >= 11 is 0. The second-order valence-electron chi connectivity index (χ2n) is 4.64. The Kier molecular flexibility index (Phi) is 3.97. The van der Waals surface area contributed by atoms with Gasteiger partial charge in [-0.25, -0.2) is 0 Å². The lowest BCUT2D eigenvalue weighted by molar-refractivity contribution is -0.000712. The molecule has 1 aliphatic heterocycles. The molecule has 2 unspecified atom stereocenters. The van der Waals surface area contributed by atoms with Crippen molar-refractivity contribution in [3.63, 3.8) is 0 Å². The van der Waals surface area contributed by atoms with E-state index in [0.717, 1.165) is 26.1 Å². The van der Waals surface area contributed by atoms with Crippen LogP contribution in [0.3, 0.4) is 0 Å². The molecule has 0 aliphatic carbocycles. The van der Waals surface area contributed by atoms with Crippen molar-refractivity contribution in [1.82, 2.24) is 0 Å². The minimum Gasteiger partial charge on any atom is -0.392 e. The Bertz CT molecular complexity index is 304. The van der Waals surface area contributed by atoms with Gasteiger partial charge < -0.3 is 9.84 Å². The minimum absolute atomic E-state index is 0.212. The molecule has 2 rings (SSSR count). The predicted octanol–water partition coefficient (Wildman–Crippen LogP) is 2.58. The van der Waals surface area contributed by atoms with Gasteiger partial charge >= 0.3 is 0 Å². The zero-order valence-corrected chi connectivity index (χ0v) is 9.80. The summed E-state index contributed by atoms with van der Waals surface area (Å²) in [6.07, 6.45) is 1.72. The van der Waals surface area contributed by atoms with Gasteiger partial charge in [-0.1, -0.05) is 37.3 Å². The molecule has 0 radical (unpaired) electrons. The standard InChI is InChI=1S/C14H20O2/c1-11(12-5-3-2-4-6-12)14(15)13-7-9-16-10-8-13/h2-6,11,13-15H,7-10H2,1H3. The average molecular weight is 220 g/mol. The summed E-state index contributed by atoms with van der Waals surface area (Å²) in [6.45, 7) is 3.70. The first-order valence-corrected chi connectivity index (χ1v) is 6.10. The van der Waals surface area contributed by atoms with E-state index in [2.05, 4.69) is 19.1 Å². The Labute approximate surface area is 97.3 Å². The van der Waals surface area contributed by atoms with Crippen molar-refractivity contribution in [3.05, 3.63) is 35.9 Å². The number of rotatable bonds is 3. The summed E-state index contributed by atoms with van der Waals surface area (Å²) in [4.78, 5) is 0. The van der Waals surface area contributed by atoms with E-state index >= 15 is 0 Å². The fourth-order valence-electron chi connectivity index (χ4n) is 2.42. The van der Waals surface area contributed by atoms with E-state index in [9.17, 15) is 5.11 Å². The molecule has 1 aromatic carbocycles. The van der Waals surface area contributed by atoms with Crippen LogP contribution in [0.4, 0.5) is 0 Å². The van der Waals surface area contributed by atoms with Gasteiger partial charge in [0.2, 0.25) is 0 Å². The van der Waals surface area contributed by atoms with Crippen molar-refractivity contribution in [2.75, 3.05) is 13.2 Å². The van der Waals surface area contributed by atoms with Crippen LogP contribution >= 0.6 is 0 Å².